The molecule has 3 rings (SSSR count). The van der Waals surface area contributed by atoms with Gasteiger partial charge in [-0.15, -0.1) is 0 Å². The molecule has 0 bridgehead atoms. The van der Waals surface area contributed by atoms with Crippen molar-refractivity contribution < 1.29 is 0 Å². The highest BCUT2D eigenvalue weighted by Crippen LogP contribution is 2.23. The third-order valence-corrected chi connectivity index (χ3v) is 2.68. The van der Waals surface area contributed by atoms with Crippen molar-refractivity contribution in [3.8, 4) is 6.07 Å². The second-order valence-corrected chi connectivity index (χ2v) is 4.16. The summed E-state index contributed by atoms with van der Waals surface area (Å²) in [7, 11) is 0. The van der Waals surface area contributed by atoms with E-state index in [0.29, 0.717) is 5.65 Å². The minimum atomic E-state index is 0.151. The van der Waals surface area contributed by atoms with E-state index in [-0.39, 0.29) is 5.82 Å². The first kappa shape index (κ1) is 9.24. The van der Waals surface area contributed by atoms with E-state index in [0.717, 1.165) is 20.9 Å². The number of nitrogens with one attached hydrogen (secondary N) is 1. The van der Waals surface area contributed by atoms with Gasteiger partial charge in [0.05, 0.1) is 16.4 Å². The van der Waals surface area contributed by atoms with Gasteiger partial charge >= 0.3 is 0 Å². The summed E-state index contributed by atoms with van der Waals surface area (Å²) in [4.78, 5) is 15.4. The number of aromatic amines is 1. The SMILES string of the molecule is N#Cc1ncc2c(n1)[nH]c1cc(Br)cnc12. The van der Waals surface area contributed by atoms with Crippen LogP contribution in [-0.2, 0) is 0 Å². The summed E-state index contributed by atoms with van der Waals surface area (Å²) < 4.78 is 0.889. The standard InChI is InChI=1S/C10H4BrN5/c11-5-1-7-9(14-3-5)6-4-13-8(2-12)16-10(6)15-7/h1,3-4H,(H,13,15,16). The third-order valence-electron chi connectivity index (χ3n) is 2.25. The number of nitriles is 1. The van der Waals surface area contributed by atoms with E-state index in [9.17, 15) is 0 Å². The van der Waals surface area contributed by atoms with Gasteiger partial charge in [0.1, 0.15) is 11.7 Å². The summed E-state index contributed by atoms with van der Waals surface area (Å²) in [5.74, 6) is 0.151. The highest BCUT2D eigenvalue weighted by molar-refractivity contribution is 9.10. The van der Waals surface area contributed by atoms with Crippen LogP contribution < -0.4 is 0 Å². The van der Waals surface area contributed by atoms with Crippen molar-refractivity contribution in [1.82, 2.24) is 19.9 Å². The fraction of sp³-hybridized carbons (Fsp3) is 0. The molecule has 1 N–H and O–H groups in total. The third kappa shape index (κ3) is 1.26. The molecular weight excluding hydrogens is 270 g/mol. The van der Waals surface area contributed by atoms with Gasteiger partial charge in [-0.1, -0.05) is 0 Å². The van der Waals surface area contributed by atoms with Crippen LogP contribution >= 0.6 is 15.9 Å². The Bertz CT molecular complexity index is 740. The number of hydrogen-bond donors (Lipinski definition) is 1. The van der Waals surface area contributed by atoms with Crippen molar-refractivity contribution in [2.75, 3.05) is 0 Å². The zero-order valence-corrected chi connectivity index (χ0v) is 9.48. The largest absolute Gasteiger partial charge is 0.338 e. The Morgan fingerprint density at radius 3 is 3.00 bits per heavy atom. The molecule has 0 aromatic carbocycles. The van der Waals surface area contributed by atoms with Crippen molar-refractivity contribution in [2.45, 2.75) is 0 Å². The monoisotopic (exact) mass is 273 g/mol. The number of hydrogen-bond acceptors (Lipinski definition) is 4. The van der Waals surface area contributed by atoms with Crippen molar-refractivity contribution >= 4 is 38.0 Å². The van der Waals surface area contributed by atoms with Crippen LogP contribution in [0.15, 0.2) is 22.9 Å². The minimum Gasteiger partial charge on any atom is -0.338 e. The molecule has 0 radical (unpaired) electrons. The zero-order chi connectivity index (χ0) is 11.1. The van der Waals surface area contributed by atoms with E-state index in [1.165, 1.54) is 0 Å². The molecule has 0 aliphatic heterocycles. The molecule has 0 spiro atoms. The number of rotatable bonds is 0. The Balaban J connectivity index is 2.46. The molecule has 3 aromatic rings. The first-order chi connectivity index (χ1) is 7.78. The van der Waals surface area contributed by atoms with E-state index in [1.807, 2.05) is 12.1 Å². The molecule has 6 heteroatoms. The summed E-state index contributed by atoms with van der Waals surface area (Å²) in [5.41, 5.74) is 2.31. The van der Waals surface area contributed by atoms with Gasteiger partial charge < -0.3 is 4.98 Å². The smallest absolute Gasteiger partial charge is 0.234 e. The quantitative estimate of drug-likeness (QED) is 0.681. The number of H-pyrrole nitrogens is 1. The van der Waals surface area contributed by atoms with Gasteiger partial charge in [-0.2, -0.15) is 5.26 Å². The van der Waals surface area contributed by atoms with Crippen LogP contribution in [0.2, 0.25) is 0 Å². The number of fused-ring (bicyclic) bond motifs is 3. The lowest BCUT2D eigenvalue weighted by Crippen LogP contribution is -1.87. The molecule has 3 aromatic heterocycles. The predicted molar refractivity (Wildman–Crippen MR) is 61.6 cm³/mol. The molecule has 16 heavy (non-hydrogen) atoms. The van der Waals surface area contributed by atoms with E-state index in [1.54, 1.807) is 12.4 Å². The van der Waals surface area contributed by atoms with Crippen molar-refractivity contribution in [1.29, 1.82) is 5.26 Å². The van der Waals surface area contributed by atoms with Crippen LogP contribution in [0, 0.1) is 11.3 Å². The Morgan fingerprint density at radius 1 is 1.31 bits per heavy atom. The Hall–Kier alpha value is -2.00. The number of aromatic nitrogens is 4. The van der Waals surface area contributed by atoms with Crippen LogP contribution in [0.1, 0.15) is 5.82 Å². The van der Waals surface area contributed by atoms with Crippen molar-refractivity contribution in [2.24, 2.45) is 0 Å². The van der Waals surface area contributed by atoms with E-state index < -0.39 is 0 Å². The molecule has 0 atom stereocenters. The molecule has 76 valence electrons. The average molecular weight is 274 g/mol. The molecule has 3 heterocycles. The second kappa shape index (κ2) is 3.25. The van der Waals surface area contributed by atoms with Crippen LogP contribution in [0.25, 0.3) is 22.1 Å². The van der Waals surface area contributed by atoms with Gasteiger partial charge in [0.15, 0.2) is 0 Å². The molecule has 0 saturated heterocycles. The van der Waals surface area contributed by atoms with Gasteiger partial charge in [-0.3, -0.25) is 4.98 Å². The highest BCUT2D eigenvalue weighted by atomic mass is 79.9. The van der Waals surface area contributed by atoms with Gasteiger partial charge in [0.2, 0.25) is 5.82 Å². The summed E-state index contributed by atoms with van der Waals surface area (Å²) in [6, 6.07) is 3.82. The normalized spacial score (nSPS) is 10.8. The molecule has 5 nitrogen and oxygen atoms in total. The molecule has 0 amide bonds. The fourth-order valence-corrected chi connectivity index (χ4v) is 1.91. The molecular formula is C10H4BrN5. The van der Waals surface area contributed by atoms with Crippen LogP contribution in [-0.4, -0.2) is 19.9 Å². The zero-order valence-electron chi connectivity index (χ0n) is 7.90. The lowest BCUT2D eigenvalue weighted by molar-refractivity contribution is 1.15. The Kier molecular flexibility index (Phi) is 1.88. The lowest BCUT2D eigenvalue weighted by Gasteiger charge is -1.90. The van der Waals surface area contributed by atoms with Gasteiger partial charge in [0.25, 0.3) is 0 Å². The maximum absolute atomic E-state index is 8.70. The molecule has 0 unspecified atom stereocenters. The van der Waals surface area contributed by atoms with Crippen molar-refractivity contribution in [3.05, 3.63) is 28.8 Å². The number of halogens is 1. The van der Waals surface area contributed by atoms with E-state index in [4.69, 9.17) is 5.26 Å². The number of nitrogens with zero attached hydrogens (tertiary/aromatic N) is 4. The maximum Gasteiger partial charge on any atom is 0.234 e. The maximum atomic E-state index is 8.70. The Morgan fingerprint density at radius 2 is 2.19 bits per heavy atom. The van der Waals surface area contributed by atoms with Gasteiger partial charge in [-0.05, 0) is 22.0 Å². The molecule has 0 aliphatic rings. The summed E-state index contributed by atoms with van der Waals surface area (Å²) in [5, 5.41) is 9.52. The van der Waals surface area contributed by atoms with Crippen LogP contribution in [0.5, 0.6) is 0 Å². The van der Waals surface area contributed by atoms with Gasteiger partial charge in [-0.25, -0.2) is 9.97 Å². The first-order valence-corrected chi connectivity index (χ1v) is 5.27. The van der Waals surface area contributed by atoms with Crippen molar-refractivity contribution in [3.63, 3.8) is 0 Å². The van der Waals surface area contributed by atoms with Crippen LogP contribution in [0.3, 0.4) is 0 Å². The number of pyridine rings is 1. The Labute approximate surface area is 98.3 Å². The second-order valence-electron chi connectivity index (χ2n) is 3.24. The fourth-order valence-electron chi connectivity index (χ4n) is 1.58. The first-order valence-electron chi connectivity index (χ1n) is 4.48. The topological polar surface area (TPSA) is 78.2 Å². The summed E-state index contributed by atoms with van der Waals surface area (Å²) in [6.45, 7) is 0. The van der Waals surface area contributed by atoms with E-state index in [2.05, 4.69) is 35.9 Å². The summed E-state index contributed by atoms with van der Waals surface area (Å²) >= 11 is 3.35. The van der Waals surface area contributed by atoms with Crippen LogP contribution in [0.4, 0.5) is 0 Å². The van der Waals surface area contributed by atoms with E-state index >= 15 is 0 Å². The lowest BCUT2D eigenvalue weighted by atomic mass is 10.3. The van der Waals surface area contributed by atoms with Gasteiger partial charge in [0, 0.05) is 16.9 Å². The minimum absolute atomic E-state index is 0.151. The predicted octanol–water partition coefficient (Wildman–Crippen LogP) is 2.14. The molecule has 0 saturated carbocycles. The highest BCUT2D eigenvalue weighted by Gasteiger charge is 2.08. The average Bonchev–Trinajstić information content (AvgIpc) is 2.64. The summed E-state index contributed by atoms with van der Waals surface area (Å²) in [6.07, 6.45) is 3.33. The molecule has 0 fully saturated rings. The molecule has 0 aliphatic carbocycles.